The van der Waals surface area contributed by atoms with Gasteiger partial charge >= 0.3 is 5.97 Å². The molecule has 2 aliphatic carbocycles. The fraction of sp³-hybridized carbons (Fsp3) is 0.410. The molecule has 268 valence electrons. The van der Waals surface area contributed by atoms with Crippen molar-refractivity contribution in [2.45, 2.75) is 64.5 Å². The Morgan fingerprint density at radius 2 is 1.75 bits per heavy atom. The minimum Gasteiger partial charge on any atom is -0.481 e. The lowest BCUT2D eigenvalue weighted by Crippen LogP contribution is -2.33. The molecule has 4 aliphatic rings. The van der Waals surface area contributed by atoms with Crippen LogP contribution in [0.5, 0.6) is 0 Å². The number of amides is 2. The topological polar surface area (TPSA) is 157 Å². The smallest absolute Gasteiger partial charge is 0.309 e. The molecular formula is C39H41ClN8O4. The number of halogens is 1. The molecule has 2 saturated carbocycles. The largest absolute Gasteiger partial charge is 0.481 e. The highest BCUT2D eigenvalue weighted by atomic mass is 35.5. The van der Waals surface area contributed by atoms with Gasteiger partial charge in [0, 0.05) is 62.9 Å². The van der Waals surface area contributed by atoms with Crippen LogP contribution in [-0.4, -0.2) is 66.9 Å². The monoisotopic (exact) mass is 720 g/mol. The summed E-state index contributed by atoms with van der Waals surface area (Å²) >= 11 is 6.94. The SMILES string of the molecule is C#Cc1c(NC(=O)c2nc3c(n2C)CCNC3)cccc1-c1cccc(NC(=O)c2nc3c([nH]2)CN(CCC24CCC(C(=O)O)(CC2)C4)CC3)c1Cl. The first-order chi connectivity index (χ1) is 25.1. The normalized spacial score (nSPS) is 22.0. The first-order valence-corrected chi connectivity index (χ1v) is 18.3. The fourth-order valence-electron chi connectivity index (χ4n) is 8.89. The van der Waals surface area contributed by atoms with Crippen molar-refractivity contribution in [2.24, 2.45) is 17.9 Å². The standard InChI is InChI=1S/C39H41ClN8O4/c1-3-23-24(6-4-8-26(23)45-36(50)34-44-29-20-41-17-10-31(29)47(34)2)25-7-5-9-28(32(25)40)46-35(49)33-42-27-11-18-48(21-30(27)43-33)19-16-38-12-14-39(22-38,15-13-38)37(51)52/h1,4-9,41H,10-22H2,2H3,(H,42,43)(H,45,50)(H,46,49)(H,51,52). The van der Waals surface area contributed by atoms with E-state index in [1.165, 1.54) is 0 Å². The highest BCUT2D eigenvalue weighted by Crippen LogP contribution is 2.63. The number of hydrogen-bond acceptors (Lipinski definition) is 7. The molecule has 0 spiro atoms. The van der Waals surface area contributed by atoms with Gasteiger partial charge in [-0.25, -0.2) is 9.97 Å². The number of imidazole rings is 2. The van der Waals surface area contributed by atoms with Crippen LogP contribution in [0.2, 0.25) is 5.02 Å². The van der Waals surface area contributed by atoms with Gasteiger partial charge in [-0.05, 0) is 62.6 Å². The molecule has 2 aromatic heterocycles. The van der Waals surface area contributed by atoms with Gasteiger partial charge in [-0.2, -0.15) is 0 Å². The lowest BCUT2D eigenvalue weighted by molar-refractivity contribution is -0.148. The zero-order valence-corrected chi connectivity index (χ0v) is 29.8. The highest BCUT2D eigenvalue weighted by Gasteiger charge is 2.57. The Bertz CT molecular complexity index is 2150. The molecule has 0 radical (unpaired) electrons. The minimum absolute atomic E-state index is 0.138. The number of anilines is 2. The Balaban J connectivity index is 0.950. The number of H-pyrrole nitrogens is 1. The molecule has 2 aromatic carbocycles. The Morgan fingerprint density at radius 1 is 1.00 bits per heavy atom. The summed E-state index contributed by atoms with van der Waals surface area (Å²) in [5.74, 6) is 1.84. The maximum atomic E-state index is 13.5. The zero-order valence-electron chi connectivity index (χ0n) is 29.1. The van der Waals surface area contributed by atoms with Crippen LogP contribution in [0.15, 0.2) is 36.4 Å². The number of aromatic amines is 1. The van der Waals surface area contributed by atoms with E-state index < -0.39 is 17.3 Å². The Hall–Kier alpha value is -4.96. The number of aromatic nitrogens is 4. The Morgan fingerprint density at radius 3 is 2.48 bits per heavy atom. The number of terminal acetylenes is 1. The third-order valence-electron chi connectivity index (χ3n) is 11.8. The van der Waals surface area contributed by atoms with Crippen LogP contribution in [0.1, 0.15) is 88.1 Å². The molecule has 4 aromatic rings. The fourth-order valence-corrected chi connectivity index (χ4v) is 9.17. The van der Waals surface area contributed by atoms with Crippen LogP contribution in [0.3, 0.4) is 0 Å². The van der Waals surface area contributed by atoms with Crippen molar-refractivity contribution in [1.29, 1.82) is 0 Å². The van der Waals surface area contributed by atoms with E-state index in [1.54, 1.807) is 24.3 Å². The molecule has 0 unspecified atom stereocenters. The number of carboxylic acid groups (broad SMARTS) is 1. The second-order valence-corrected chi connectivity index (χ2v) is 15.2. The predicted molar refractivity (Wildman–Crippen MR) is 197 cm³/mol. The first-order valence-electron chi connectivity index (χ1n) is 17.9. The van der Waals surface area contributed by atoms with Crippen molar-refractivity contribution in [1.82, 2.24) is 29.7 Å². The Labute approximate surface area is 306 Å². The minimum atomic E-state index is -0.629. The van der Waals surface area contributed by atoms with E-state index in [2.05, 4.69) is 41.7 Å². The lowest BCUT2D eigenvalue weighted by Gasteiger charge is -2.32. The molecule has 0 saturated heterocycles. The van der Waals surface area contributed by atoms with Crippen molar-refractivity contribution in [3.8, 4) is 23.5 Å². The maximum absolute atomic E-state index is 13.5. The van der Waals surface area contributed by atoms with E-state index in [9.17, 15) is 19.5 Å². The van der Waals surface area contributed by atoms with Gasteiger partial charge in [0.1, 0.15) is 0 Å². The van der Waals surface area contributed by atoms with Crippen molar-refractivity contribution >= 4 is 40.8 Å². The highest BCUT2D eigenvalue weighted by molar-refractivity contribution is 6.36. The number of carbonyl (C=O) groups is 3. The number of nitrogens with one attached hydrogen (secondary N) is 4. The van der Waals surface area contributed by atoms with Crippen LogP contribution >= 0.6 is 11.6 Å². The number of nitrogens with zero attached hydrogens (tertiary/aromatic N) is 4. The van der Waals surface area contributed by atoms with E-state index in [4.69, 9.17) is 18.0 Å². The van der Waals surface area contributed by atoms with Gasteiger partial charge in [0.25, 0.3) is 11.8 Å². The lowest BCUT2D eigenvalue weighted by atomic mass is 9.80. The molecule has 5 N–H and O–H groups in total. The molecule has 0 atom stereocenters. The summed E-state index contributed by atoms with van der Waals surface area (Å²) < 4.78 is 1.83. The van der Waals surface area contributed by atoms with Gasteiger partial charge in [-0.1, -0.05) is 41.8 Å². The molecule has 13 heteroatoms. The van der Waals surface area contributed by atoms with Gasteiger partial charge in [0.05, 0.1) is 44.5 Å². The zero-order chi connectivity index (χ0) is 36.2. The van der Waals surface area contributed by atoms with Gasteiger partial charge in [-0.15, -0.1) is 6.42 Å². The summed E-state index contributed by atoms with van der Waals surface area (Å²) in [6.45, 7) is 3.84. The van der Waals surface area contributed by atoms with Crippen LogP contribution in [0.4, 0.5) is 11.4 Å². The van der Waals surface area contributed by atoms with Crippen LogP contribution in [0, 0.1) is 23.2 Å². The third kappa shape index (κ3) is 5.96. The summed E-state index contributed by atoms with van der Waals surface area (Å²) in [5.41, 5.74) is 5.86. The van der Waals surface area contributed by atoms with Crippen LogP contribution in [0.25, 0.3) is 11.1 Å². The van der Waals surface area contributed by atoms with E-state index in [0.717, 1.165) is 93.8 Å². The molecule has 2 fully saturated rings. The van der Waals surface area contributed by atoms with E-state index in [1.807, 2.05) is 23.7 Å². The van der Waals surface area contributed by atoms with Gasteiger partial charge in [-0.3, -0.25) is 19.3 Å². The number of benzene rings is 2. The molecule has 2 bridgehead atoms. The summed E-state index contributed by atoms with van der Waals surface area (Å²) in [4.78, 5) is 53.6. The number of carboxylic acids is 1. The third-order valence-corrected chi connectivity index (χ3v) is 12.3. The van der Waals surface area contributed by atoms with E-state index in [0.29, 0.717) is 52.0 Å². The summed E-state index contributed by atoms with van der Waals surface area (Å²) in [6, 6.07) is 10.7. The van der Waals surface area contributed by atoms with Gasteiger partial charge < -0.3 is 30.6 Å². The van der Waals surface area contributed by atoms with Crippen LogP contribution < -0.4 is 16.0 Å². The van der Waals surface area contributed by atoms with Crippen molar-refractivity contribution in [3.63, 3.8) is 0 Å². The number of aliphatic carboxylic acids is 1. The molecule has 12 nitrogen and oxygen atoms in total. The maximum Gasteiger partial charge on any atom is 0.309 e. The average molecular weight is 721 g/mol. The quantitative estimate of drug-likeness (QED) is 0.144. The number of carbonyl (C=O) groups excluding carboxylic acids is 2. The molecule has 52 heavy (non-hydrogen) atoms. The van der Waals surface area contributed by atoms with Gasteiger partial charge in [0.2, 0.25) is 0 Å². The van der Waals surface area contributed by atoms with E-state index >= 15 is 0 Å². The van der Waals surface area contributed by atoms with Crippen LogP contribution in [-0.2, 0) is 37.8 Å². The molecular weight excluding hydrogens is 680 g/mol. The number of fused-ring (bicyclic) bond motifs is 4. The van der Waals surface area contributed by atoms with Crippen molar-refractivity contribution < 1.29 is 19.5 Å². The van der Waals surface area contributed by atoms with E-state index in [-0.39, 0.29) is 17.1 Å². The molecule has 2 amide bonds. The van der Waals surface area contributed by atoms with Crippen molar-refractivity contribution in [3.05, 3.63) is 81.4 Å². The second kappa shape index (κ2) is 13.2. The predicted octanol–water partition coefficient (Wildman–Crippen LogP) is 5.38. The number of rotatable bonds is 9. The Kier molecular flexibility index (Phi) is 8.68. The summed E-state index contributed by atoms with van der Waals surface area (Å²) in [5, 5.41) is 19.2. The van der Waals surface area contributed by atoms with Crippen molar-refractivity contribution in [2.75, 3.05) is 30.3 Å². The molecule has 2 aliphatic heterocycles. The second-order valence-electron chi connectivity index (χ2n) is 14.8. The summed E-state index contributed by atoms with van der Waals surface area (Å²) in [7, 11) is 1.84. The molecule has 8 rings (SSSR count). The average Bonchev–Trinajstić information content (AvgIpc) is 3.93. The first kappa shape index (κ1) is 34.1. The molecule has 4 heterocycles. The summed E-state index contributed by atoms with van der Waals surface area (Å²) in [6.07, 6.45) is 12.9. The van der Waals surface area contributed by atoms with Gasteiger partial charge in [0.15, 0.2) is 11.6 Å². The number of hydrogen-bond donors (Lipinski definition) is 5.